The molecule has 2 N–H and O–H groups in total. The smallest absolute Gasteiger partial charge is 0.124 e. The highest BCUT2D eigenvalue weighted by molar-refractivity contribution is 7.99. The van der Waals surface area contributed by atoms with Gasteiger partial charge < -0.3 is 10.3 Å². The van der Waals surface area contributed by atoms with E-state index in [0.717, 1.165) is 18.1 Å². The molecule has 0 radical (unpaired) electrons. The van der Waals surface area contributed by atoms with Gasteiger partial charge in [-0.1, -0.05) is 20.8 Å². The lowest BCUT2D eigenvalue weighted by Gasteiger charge is -2.21. The predicted molar refractivity (Wildman–Crippen MR) is 70.1 cm³/mol. The largest absolute Gasteiger partial charge is 0.344 e. The van der Waals surface area contributed by atoms with Gasteiger partial charge in [-0.3, -0.25) is 0 Å². The lowest BCUT2D eigenvalue weighted by Crippen LogP contribution is -2.31. The summed E-state index contributed by atoms with van der Waals surface area (Å²) >= 11 is 2.00. The van der Waals surface area contributed by atoms with Gasteiger partial charge in [0.2, 0.25) is 0 Å². The molecule has 90 valence electrons. The second-order valence-electron chi connectivity index (χ2n) is 5.43. The van der Waals surface area contributed by atoms with Gasteiger partial charge in [-0.25, -0.2) is 4.98 Å². The molecule has 1 aromatic heterocycles. The minimum absolute atomic E-state index is 0.126. The number of rotatable bonds is 1. The van der Waals surface area contributed by atoms with Crippen LogP contribution in [0.1, 0.15) is 44.0 Å². The van der Waals surface area contributed by atoms with Crippen molar-refractivity contribution in [3.8, 4) is 0 Å². The molecular formula is C12H21N3S. The number of aryl methyl sites for hydroxylation is 1. The molecule has 4 heteroatoms. The summed E-state index contributed by atoms with van der Waals surface area (Å²) in [6.45, 7) is 9.84. The first-order valence-corrected chi connectivity index (χ1v) is 7.02. The van der Waals surface area contributed by atoms with E-state index in [0.29, 0.717) is 6.04 Å². The Morgan fingerprint density at radius 2 is 2.12 bits per heavy atom. The van der Waals surface area contributed by atoms with Crippen molar-refractivity contribution >= 4 is 11.8 Å². The van der Waals surface area contributed by atoms with E-state index in [9.17, 15) is 0 Å². The average molecular weight is 239 g/mol. The quantitative estimate of drug-likeness (QED) is 0.790. The second kappa shape index (κ2) is 4.41. The number of H-pyrrole nitrogens is 1. The summed E-state index contributed by atoms with van der Waals surface area (Å²) in [4.78, 5) is 8.21. The third-order valence-electron chi connectivity index (χ3n) is 2.87. The molecule has 1 aromatic rings. The maximum atomic E-state index is 4.77. The first-order valence-electron chi connectivity index (χ1n) is 5.86. The van der Waals surface area contributed by atoms with E-state index < -0.39 is 0 Å². The fourth-order valence-electron chi connectivity index (χ4n) is 2.12. The van der Waals surface area contributed by atoms with Crippen LogP contribution in [-0.2, 0) is 5.41 Å². The molecule has 1 atom stereocenters. The van der Waals surface area contributed by atoms with Gasteiger partial charge in [0, 0.05) is 29.2 Å². The number of thioether (sulfide) groups is 1. The Morgan fingerprint density at radius 1 is 1.38 bits per heavy atom. The van der Waals surface area contributed by atoms with Crippen LogP contribution >= 0.6 is 11.8 Å². The van der Waals surface area contributed by atoms with Crippen LogP contribution in [0.3, 0.4) is 0 Å². The van der Waals surface area contributed by atoms with Gasteiger partial charge in [-0.2, -0.15) is 11.8 Å². The Balaban J connectivity index is 2.23. The molecule has 1 aliphatic rings. The van der Waals surface area contributed by atoms with Crippen molar-refractivity contribution in [2.24, 2.45) is 0 Å². The van der Waals surface area contributed by atoms with Crippen molar-refractivity contribution in [2.75, 3.05) is 18.1 Å². The van der Waals surface area contributed by atoms with Crippen LogP contribution in [0.15, 0.2) is 0 Å². The van der Waals surface area contributed by atoms with Gasteiger partial charge >= 0.3 is 0 Å². The minimum atomic E-state index is 0.126. The number of nitrogens with one attached hydrogen (secondary N) is 2. The molecule has 1 fully saturated rings. The molecule has 2 heterocycles. The zero-order chi connectivity index (χ0) is 11.8. The van der Waals surface area contributed by atoms with Gasteiger partial charge in [0.15, 0.2) is 0 Å². The summed E-state index contributed by atoms with van der Waals surface area (Å²) in [6, 6.07) is 0.397. The van der Waals surface area contributed by atoms with Crippen molar-refractivity contribution in [3.63, 3.8) is 0 Å². The van der Waals surface area contributed by atoms with Crippen LogP contribution in [0.2, 0.25) is 0 Å². The van der Waals surface area contributed by atoms with Gasteiger partial charge in [0.1, 0.15) is 5.82 Å². The van der Waals surface area contributed by atoms with E-state index in [1.54, 1.807) is 0 Å². The van der Waals surface area contributed by atoms with Crippen LogP contribution in [-0.4, -0.2) is 28.0 Å². The van der Waals surface area contributed by atoms with Crippen LogP contribution in [0.5, 0.6) is 0 Å². The Hall–Kier alpha value is -0.480. The molecule has 0 aromatic carbocycles. The maximum absolute atomic E-state index is 4.77. The molecule has 0 saturated carbocycles. The number of aromatic amines is 1. The lowest BCUT2D eigenvalue weighted by molar-refractivity contribution is 0.548. The summed E-state index contributed by atoms with van der Waals surface area (Å²) < 4.78 is 0. The molecule has 0 spiro atoms. The predicted octanol–water partition coefficient (Wildman–Crippen LogP) is 2.39. The molecule has 1 aliphatic heterocycles. The Labute approximate surface area is 102 Å². The number of hydrogen-bond acceptors (Lipinski definition) is 3. The van der Waals surface area contributed by atoms with Crippen LogP contribution in [0.25, 0.3) is 0 Å². The summed E-state index contributed by atoms with van der Waals surface area (Å²) in [5, 5.41) is 3.51. The van der Waals surface area contributed by atoms with Crippen LogP contribution in [0.4, 0.5) is 0 Å². The zero-order valence-electron chi connectivity index (χ0n) is 10.6. The zero-order valence-corrected chi connectivity index (χ0v) is 11.4. The van der Waals surface area contributed by atoms with E-state index in [4.69, 9.17) is 4.98 Å². The lowest BCUT2D eigenvalue weighted by atomic mass is 9.91. The van der Waals surface area contributed by atoms with Crippen molar-refractivity contribution in [1.29, 1.82) is 0 Å². The fourth-order valence-corrected chi connectivity index (χ4v) is 3.06. The monoisotopic (exact) mass is 239 g/mol. The van der Waals surface area contributed by atoms with Crippen molar-refractivity contribution < 1.29 is 0 Å². The normalized spacial score (nSPS) is 22.4. The van der Waals surface area contributed by atoms with E-state index in [1.807, 2.05) is 11.8 Å². The van der Waals surface area contributed by atoms with E-state index >= 15 is 0 Å². The molecular weight excluding hydrogens is 218 g/mol. The number of aromatic nitrogens is 2. The second-order valence-corrected chi connectivity index (χ2v) is 6.58. The van der Waals surface area contributed by atoms with Gasteiger partial charge in [0.05, 0.1) is 11.7 Å². The summed E-state index contributed by atoms with van der Waals surface area (Å²) in [5.41, 5.74) is 2.53. The molecule has 0 amide bonds. The summed E-state index contributed by atoms with van der Waals surface area (Å²) in [7, 11) is 0. The third-order valence-corrected chi connectivity index (χ3v) is 3.93. The number of nitrogens with zero attached hydrogens (tertiary/aromatic N) is 1. The maximum Gasteiger partial charge on any atom is 0.124 e. The Morgan fingerprint density at radius 3 is 2.62 bits per heavy atom. The summed E-state index contributed by atoms with van der Waals surface area (Å²) in [6.07, 6.45) is 0. The van der Waals surface area contributed by atoms with Crippen LogP contribution in [0, 0.1) is 6.92 Å². The molecule has 1 saturated heterocycles. The molecule has 16 heavy (non-hydrogen) atoms. The van der Waals surface area contributed by atoms with Crippen molar-refractivity contribution in [2.45, 2.75) is 39.2 Å². The first kappa shape index (κ1) is 12.0. The van der Waals surface area contributed by atoms with Gasteiger partial charge in [0.25, 0.3) is 0 Å². The van der Waals surface area contributed by atoms with E-state index in [-0.39, 0.29) is 5.41 Å². The first-order chi connectivity index (χ1) is 7.48. The molecule has 3 nitrogen and oxygen atoms in total. The van der Waals surface area contributed by atoms with Crippen LogP contribution < -0.4 is 5.32 Å². The standard InChI is InChI=1S/C12H21N3S/c1-8-10(12(2,3)4)15-11(14-8)9-7-16-6-5-13-9/h9,13H,5-7H2,1-4H3,(H,14,15). The molecule has 1 unspecified atom stereocenters. The van der Waals surface area contributed by atoms with Crippen molar-refractivity contribution in [1.82, 2.24) is 15.3 Å². The fraction of sp³-hybridized carbons (Fsp3) is 0.750. The van der Waals surface area contributed by atoms with Gasteiger partial charge in [-0.05, 0) is 6.92 Å². The van der Waals surface area contributed by atoms with E-state index in [1.165, 1.54) is 17.1 Å². The highest BCUT2D eigenvalue weighted by Crippen LogP contribution is 2.27. The molecule has 2 rings (SSSR count). The van der Waals surface area contributed by atoms with Gasteiger partial charge in [-0.15, -0.1) is 0 Å². The SMILES string of the molecule is Cc1[nH]c(C2CSCCN2)nc1C(C)(C)C. The summed E-state index contributed by atoms with van der Waals surface area (Å²) in [5.74, 6) is 3.44. The Kier molecular flexibility index (Phi) is 3.31. The average Bonchev–Trinajstić information content (AvgIpc) is 2.61. The topological polar surface area (TPSA) is 40.7 Å². The highest BCUT2D eigenvalue weighted by Gasteiger charge is 2.24. The number of imidazole rings is 1. The van der Waals surface area contributed by atoms with Crippen molar-refractivity contribution in [3.05, 3.63) is 17.2 Å². The number of hydrogen-bond donors (Lipinski definition) is 2. The van der Waals surface area contributed by atoms with E-state index in [2.05, 4.69) is 38.0 Å². The molecule has 0 bridgehead atoms. The minimum Gasteiger partial charge on any atom is -0.344 e. The Bertz CT molecular complexity index is 359. The highest BCUT2D eigenvalue weighted by atomic mass is 32.2. The molecule has 0 aliphatic carbocycles. The third kappa shape index (κ3) is 2.43.